The third kappa shape index (κ3) is 3.52. The van der Waals surface area contributed by atoms with Crippen LogP contribution in [0.25, 0.3) is 0 Å². The molecule has 5 heteroatoms. The molecule has 128 valence electrons. The lowest BCUT2D eigenvalue weighted by atomic mass is 10.0. The summed E-state index contributed by atoms with van der Waals surface area (Å²) in [6.07, 6.45) is 5.68. The van der Waals surface area contributed by atoms with Gasteiger partial charge in [-0.3, -0.25) is 14.6 Å². The van der Waals surface area contributed by atoms with E-state index >= 15 is 0 Å². The van der Waals surface area contributed by atoms with Crippen molar-refractivity contribution in [3.63, 3.8) is 0 Å². The topological polar surface area (TPSA) is 43.2 Å². The van der Waals surface area contributed by atoms with Crippen molar-refractivity contribution in [2.75, 3.05) is 13.2 Å². The van der Waals surface area contributed by atoms with Crippen LogP contribution in [0.3, 0.4) is 0 Å². The van der Waals surface area contributed by atoms with Crippen LogP contribution in [0.5, 0.6) is 0 Å². The Bertz CT molecular complexity index is 678. The summed E-state index contributed by atoms with van der Waals surface area (Å²) in [5.41, 5.74) is 5.11. The molecular formula is C19H26N4O. The lowest BCUT2D eigenvalue weighted by Crippen LogP contribution is -2.31. The van der Waals surface area contributed by atoms with Gasteiger partial charge in [-0.25, -0.2) is 0 Å². The van der Waals surface area contributed by atoms with Gasteiger partial charge < -0.3 is 4.74 Å². The summed E-state index contributed by atoms with van der Waals surface area (Å²) < 4.78 is 7.94. The minimum absolute atomic E-state index is 0.633. The Balaban J connectivity index is 1.52. The third-order valence-electron chi connectivity index (χ3n) is 4.98. The van der Waals surface area contributed by atoms with E-state index in [4.69, 9.17) is 9.84 Å². The van der Waals surface area contributed by atoms with E-state index in [1.807, 2.05) is 19.2 Å². The van der Waals surface area contributed by atoms with Gasteiger partial charge in [0.25, 0.3) is 0 Å². The molecule has 2 aliphatic rings. The van der Waals surface area contributed by atoms with Gasteiger partial charge in [-0.05, 0) is 37.8 Å². The number of nitrogens with zero attached hydrogens (tertiary/aromatic N) is 4. The maximum Gasteiger partial charge on any atom is 0.0929 e. The van der Waals surface area contributed by atoms with Crippen molar-refractivity contribution in [1.29, 1.82) is 0 Å². The summed E-state index contributed by atoms with van der Waals surface area (Å²) in [5, 5.41) is 4.90. The maximum absolute atomic E-state index is 5.67. The van der Waals surface area contributed by atoms with Gasteiger partial charge >= 0.3 is 0 Å². The summed E-state index contributed by atoms with van der Waals surface area (Å²) in [7, 11) is 0. The Hall–Kier alpha value is -1.72. The number of rotatable bonds is 7. The van der Waals surface area contributed by atoms with Crippen molar-refractivity contribution in [3.8, 4) is 0 Å². The summed E-state index contributed by atoms with van der Waals surface area (Å²) >= 11 is 0. The molecule has 0 amide bonds. The molecule has 0 saturated heterocycles. The zero-order chi connectivity index (χ0) is 16.4. The van der Waals surface area contributed by atoms with Gasteiger partial charge in [0.1, 0.15) is 0 Å². The van der Waals surface area contributed by atoms with Crippen molar-refractivity contribution >= 4 is 0 Å². The first-order valence-electron chi connectivity index (χ1n) is 9.11. The molecular weight excluding hydrogens is 300 g/mol. The van der Waals surface area contributed by atoms with E-state index in [1.54, 1.807) is 0 Å². The number of pyridine rings is 1. The van der Waals surface area contributed by atoms with Gasteiger partial charge in [0, 0.05) is 56.7 Å². The van der Waals surface area contributed by atoms with E-state index in [0.717, 1.165) is 56.5 Å². The number of hydrogen-bond donors (Lipinski definition) is 0. The smallest absolute Gasteiger partial charge is 0.0929 e. The van der Waals surface area contributed by atoms with Crippen LogP contribution in [0, 0.1) is 5.92 Å². The van der Waals surface area contributed by atoms with Crippen molar-refractivity contribution in [2.24, 2.45) is 5.92 Å². The molecule has 0 radical (unpaired) electrons. The molecule has 0 unspecified atom stereocenters. The molecule has 0 atom stereocenters. The lowest BCUT2D eigenvalue weighted by Gasteiger charge is -2.27. The normalized spacial score (nSPS) is 17.9. The first kappa shape index (κ1) is 15.8. The molecule has 3 heterocycles. The predicted octanol–water partition coefficient (Wildman–Crippen LogP) is 2.78. The van der Waals surface area contributed by atoms with Crippen LogP contribution in [-0.2, 0) is 37.4 Å². The fourth-order valence-electron chi connectivity index (χ4n) is 3.48. The van der Waals surface area contributed by atoms with Gasteiger partial charge in [-0.2, -0.15) is 5.10 Å². The quantitative estimate of drug-likeness (QED) is 0.785. The number of hydrogen-bond acceptors (Lipinski definition) is 4. The lowest BCUT2D eigenvalue weighted by molar-refractivity contribution is 0.129. The first-order valence-corrected chi connectivity index (χ1v) is 9.11. The highest BCUT2D eigenvalue weighted by Crippen LogP contribution is 2.33. The second kappa shape index (κ2) is 7.03. The average molecular weight is 326 g/mol. The Morgan fingerprint density at radius 2 is 2.21 bits per heavy atom. The van der Waals surface area contributed by atoms with Crippen LogP contribution in [0.1, 0.15) is 42.4 Å². The van der Waals surface area contributed by atoms with E-state index in [-0.39, 0.29) is 0 Å². The third-order valence-corrected chi connectivity index (χ3v) is 4.98. The molecule has 1 aliphatic heterocycles. The number of ether oxygens (including phenoxy) is 1. The van der Waals surface area contributed by atoms with Gasteiger partial charge in [0.15, 0.2) is 0 Å². The monoisotopic (exact) mass is 326 g/mol. The van der Waals surface area contributed by atoms with Crippen molar-refractivity contribution in [2.45, 2.75) is 52.4 Å². The molecule has 0 N–H and O–H groups in total. The zero-order valence-electron chi connectivity index (χ0n) is 14.4. The summed E-state index contributed by atoms with van der Waals surface area (Å²) in [6.45, 7) is 7.45. The molecule has 0 spiro atoms. The molecule has 1 saturated carbocycles. The van der Waals surface area contributed by atoms with E-state index < -0.39 is 0 Å². The Kier molecular flexibility index (Phi) is 4.63. The number of aromatic nitrogens is 3. The van der Waals surface area contributed by atoms with Gasteiger partial charge in [-0.15, -0.1) is 0 Å². The fraction of sp³-hybridized carbons (Fsp3) is 0.579. The molecule has 24 heavy (non-hydrogen) atoms. The highest BCUT2D eigenvalue weighted by molar-refractivity contribution is 5.29. The molecule has 2 aromatic heterocycles. The van der Waals surface area contributed by atoms with Crippen LogP contribution >= 0.6 is 0 Å². The first-order chi connectivity index (χ1) is 11.8. The van der Waals surface area contributed by atoms with Crippen LogP contribution in [0.4, 0.5) is 0 Å². The maximum atomic E-state index is 5.67. The van der Waals surface area contributed by atoms with Crippen molar-refractivity contribution in [3.05, 3.63) is 47.0 Å². The Labute approximate surface area is 143 Å². The van der Waals surface area contributed by atoms with Crippen LogP contribution in [0.15, 0.2) is 24.4 Å². The van der Waals surface area contributed by atoms with E-state index in [1.165, 1.54) is 24.1 Å². The highest BCUT2D eigenvalue weighted by atomic mass is 16.5. The van der Waals surface area contributed by atoms with Crippen LogP contribution in [0.2, 0.25) is 0 Å². The number of fused-ring (bicyclic) bond motifs is 1. The Morgan fingerprint density at radius 1 is 1.29 bits per heavy atom. The molecule has 4 rings (SSSR count). The molecule has 5 nitrogen and oxygen atoms in total. The standard InChI is InChI=1S/C19H26N4O/c1-2-24-14-18-17-13-22(12-16-5-3-4-9-20-16)10-8-19(17)23(21-18)11-15-6-7-15/h3-5,9,15H,2,6-8,10-14H2,1H3. The van der Waals surface area contributed by atoms with Gasteiger partial charge in [-0.1, -0.05) is 6.07 Å². The van der Waals surface area contributed by atoms with Crippen molar-refractivity contribution in [1.82, 2.24) is 19.7 Å². The molecule has 1 fully saturated rings. The SMILES string of the molecule is CCOCc1nn(CC2CC2)c2c1CN(Cc1ccccn1)CC2. The molecule has 0 aromatic carbocycles. The highest BCUT2D eigenvalue weighted by Gasteiger charge is 2.28. The predicted molar refractivity (Wildman–Crippen MR) is 92.3 cm³/mol. The summed E-state index contributed by atoms with van der Waals surface area (Å²) in [6, 6.07) is 6.14. The van der Waals surface area contributed by atoms with Crippen molar-refractivity contribution < 1.29 is 4.74 Å². The largest absolute Gasteiger partial charge is 0.375 e. The Morgan fingerprint density at radius 3 is 2.96 bits per heavy atom. The van der Waals surface area contributed by atoms with Gasteiger partial charge in [0.05, 0.1) is 18.0 Å². The van der Waals surface area contributed by atoms with E-state index in [9.17, 15) is 0 Å². The van der Waals surface area contributed by atoms with Crippen LogP contribution < -0.4 is 0 Å². The second-order valence-electron chi connectivity index (χ2n) is 6.92. The molecule has 0 bridgehead atoms. The summed E-state index contributed by atoms with van der Waals surface area (Å²) in [5.74, 6) is 0.848. The minimum atomic E-state index is 0.633. The molecule has 1 aliphatic carbocycles. The second-order valence-corrected chi connectivity index (χ2v) is 6.92. The van der Waals surface area contributed by atoms with E-state index in [0.29, 0.717) is 6.61 Å². The summed E-state index contributed by atoms with van der Waals surface area (Å²) in [4.78, 5) is 6.94. The van der Waals surface area contributed by atoms with E-state index in [2.05, 4.69) is 26.7 Å². The zero-order valence-corrected chi connectivity index (χ0v) is 14.4. The average Bonchev–Trinajstić information content (AvgIpc) is 3.36. The van der Waals surface area contributed by atoms with Crippen LogP contribution in [-0.4, -0.2) is 32.8 Å². The van der Waals surface area contributed by atoms with Gasteiger partial charge in [0.2, 0.25) is 0 Å². The molecule has 2 aromatic rings. The fourth-order valence-corrected chi connectivity index (χ4v) is 3.48. The minimum Gasteiger partial charge on any atom is -0.375 e.